The second-order valence-electron chi connectivity index (χ2n) is 5.14. The number of carboxylic acids is 1. The highest BCUT2D eigenvalue weighted by Crippen LogP contribution is 2.46. The van der Waals surface area contributed by atoms with Gasteiger partial charge in [-0.3, -0.25) is 4.79 Å². The lowest BCUT2D eigenvalue weighted by Crippen LogP contribution is -2.33. The van der Waals surface area contributed by atoms with Crippen LogP contribution in [0, 0.1) is 5.82 Å². The molecule has 0 bridgehead atoms. The highest BCUT2D eigenvalue weighted by molar-refractivity contribution is 9.10. The Morgan fingerprint density at radius 1 is 1.60 bits per heavy atom. The maximum atomic E-state index is 13.9. The van der Waals surface area contributed by atoms with Gasteiger partial charge in [0.25, 0.3) is 0 Å². The molecule has 0 saturated heterocycles. The van der Waals surface area contributed by atoms with Gasteiger partial charge in [-0.25, -0.2) is 4.39 Å². The van der Waals surface area contributed by atoms with Crippen LogP contribution in [0.1, 0.15) is 24.1 Å². The molecule has 1 heterocycles. The molecule has 3 rings (SSSR count). The van der Waals surface area contributed by atoms with Gasteiger partial charge in [-0.2, -0.15) is 0 Å². The smallest absolute Gasteiger partial charge is 0.315 e. The molecule has 0 aliphatic heterocycles. The normalized spacial score (nSPS) is 21.1. The quantitative estimate of drug-likeness (QED) is 0.834. The highest BCUT2D eigenvalue weighted by atomic mass is 79.9. The Morgan fingerprint density at radius 3 is 3.00 bits per heavy atom. The Kier molecular flexibility index (Phi) is 2.97. The van der Waals surface area contributed by atoms with Crippen molar-refractivity contribution in [2.24, 2.45) is 0 Å². The van der Waals surface area contributed by atoms with Crippen LogP contribution in [0.15, 0.2) is 29.3 Å². The van der Waals surface area contributed by atoms with Crippen molar-refractivity contribution in [1.82, 2.24) is 4.98 Å². The fourth-order valence-electron chi connectivity index (χ4n) is 3.17. The summed E-state index contributed by atoms with van der Waals surface area (Å²) in [5.41, 5.74) is 0.877. The first-order valence-electron chi connectivity index (χ1n) is 6.34. The van der Waals surface area contributed by atoms with E-state index in [9.17, 15) is 14.3 Å². The molecule has 0 radical (unpaired) electrons. The van der Waals surface area contributed by atoms with Crippen molar-refractivity contribution in [3.8, 4) is 0 Å². The van der Waals surface area contributed by atoms with E-state index < -0.39 is 11.4 Å². The van der Waals surface area contributed by atoms with Crippen LogP contribution in [0.25, 0.3) is 10.9 Å². The monoisotopic (exact) mass is 337 g/mol. The van der Waals surface area contributed by atoms with Crippen LogP contribution in [0.3, 0.4) is 0 Å². The van der Waals surface area contributed by atoms with Crippen molar-refractivity contribution >= 4 is 32.8 Å². The first-order valence-corrected chi connectivity index (χ1v) is 7.14. The van der Waals surface area contributed by atoms with Crippen LogP contribution in [0.2, 0.25) is 0 Å². The first kappa shape index (κ1) is 13.4. The Bertz CT molecular complexity index is 737. The number of carboxylic acid groups (broad SMARTS) is 1. The third-order valence-corrected chi connectivity index (χ3v) is 4.80. The lowest BCUT2D eigenvalue weighted by atomic mass is 9.82. The minimum absolute atomic E-state index is 0.335. The number of carbonyl (C=O) groups is 1. The zero-order chi connectivity index (χ0) is 14.5. The summed E-state index contributed by atoms with van der Waals surface area (Å²) in [5, 5.41) is 10.4. The van der Waals surface area contributed by atoms with Gasteiger partial charge in [0.15, 0.2) is 0 Å². The molecule has 20 heavy (non-hydrogen) atoms. The Labute approximate surface area is 123 Å². The Balaban J connectivity index is 2.34. The number of nitrogens with one attached hydrogen (secondary N) is 1. The van der Waals surface area contributed by atoms with Crippen molar-refractivity contribution in [3.05, 3.63) is 46.3 Å². The molecule has 0 saturated carbocycles. The molecule has 0 fully saturated rings. The van der Waals surface area contributed by atoms with Gasteiger partial charge in [-0.1, -0.05) is 22.0 Å². The number of hydrogen-bond donors (Lipinski definition) is 2. The lowest BCUT2D eigenvalue weighted by molar-refractivity contribution is -0.143. The Hall–Kier alpha value is -1.62. The number of rotatable bonds is 3. The van der Waals surface area contributed by atoms with Gasteiger partial charge in [0.2, 0.25) is 0 Å². The Morgan fingerprint density at radius 2 is 2.35 bits per heavy atom. The average molecular weight is 338 g/mol. The number of benzene rings is 1. The van der Waals surface area contributed by atoms with E-state index in [4.69, 9.17) is 0 Å². The van der Waals surface area contributed by atoms with E-state index in [0.717, 1.165) is 15.4 Å². The third kappa shape index (κ3) is 1.59. The lowest BCUT2D eigenvalue weighted by Gasteiger charge is -2.22. The molecular weight excluding hydrogens is 325 g/mol. The summed E-state index contributed by atoms with van der Waals surface area (Å²) in [6.07, 6.45) is 3.08. The van der Waals surface area contributed by atoms with E-state index in [0.29, 0.717) is 30.5 Å². The van der Waals surface area contributed by atoms with Crippen LogP contribution >= 0.6 is 15.9 Å². The molecule has 2 aromatic rings. The van der Waals surface area contributed by atoms with Crippen molar-refractivity contribution in [2.75, 3.05) is 0 Å². The number of aryl methyl sites for hydroxylation is 1. The van der Waals surface area contributed by atoms with Crippen LogP contribution in [0.4, 0.5) is 4.39 Å². The summed E-state index contributed by atoms with van der Waals surface area (Å²) < 4.78 is 14.7. The molecule has 1 aliphatic rings. The van der Waals surface area contributed by atoms with E-state index in [-0.39, 0.29) is 5.82 Å². The number of fused-ring (bicyclic) bond motifs is 3. The van der Waals surface area contributed by atoms with Crippen molar-refractivity contribution in [2.45, 2.75) is 24.7 Å². The molecule has 1 aromatic carbocycles. The summed E-state index contributed by atoms with van der Waals surface area (Å²) in [6.45, 7) is 3.65. The molecular formula is C15H13BrFNO2. The highest BCUT2D eigenvalue weighted by Gasteiger charge is 2.47. The molecule has 1 aromatic heterocycles. The zero-order valence-electron chi connectivity index (χ0n) is 10.7. The number of halogens is 2. The average Bonchev–Trinajstić information content (AvgIpc) is 2.94. The van der Waals surface area contributed by atoms with Gasteiger partial charge in [-0.05, 0) is 37.0 Å². The number of aliphatic carboxylic acids is 1. The van der Waals surface area contributed by atoms with Crippen molar-refractivity contribution < 1.29 is 14.3 Å². The van der Waals surface area contributed by atoms with Crippen molar-refractivity contribution in [3.63, 3.8) is 0 Å². The van der Waals surface area contributed by atoms with E-state index in [1.807, 2.05) is 0 Å². The first-order chi connectivity index (χ1) is 9.51. The van der Waals surface area contributed by atoms with E-state index in [1.165, 1.54) is 6.07 Å². The van der Waals surface area contributed by atoms with Crippen LogP contribution < -0.4 is 0 Å². The van der Waals surface area contributed by atoms with Crippen LogP contribution in [-0.2, 0) is 16.6 Å². The fourth-order valence-corrected chi connectivity index (χ4v) is 3.74. The predicted octanol–water partition coefficient (Wildman–Crippen LogP) is 3.91. The van der Waals surface area contributed by atoms with Gasteiger partial charge in [-0.15, -0.1) is 6.58 Å². The number of aromatic amines is 1. The number of allylic oxidation sites excluding steroid dienone is 1. The molecule has 5 heteroatoms. The molecule has 0 spiro atoms. The SMILES string of the molecule is C=CCC1(C(=O)O)CCc2c1[nH]c1c(F)ccc(Br)c21. The molecule has 2 N–H and O–H groups in total. The summed E-state index contributed by atoms with van der Waals surface area (Å²) >= 11 is 3.42. The largest absolute Gasteiger partial charge is 0.481 e. The van der Waals surface area contributed by atoms with Gasteiger partial charge in [0.05, 0.1) is 5.52 Å². The van der Waals surface area contributed by atoms with Crippen LogP contribution in [-0.4, -0.2) is 16.1 Å². The van der Waals surface area contributed by atoms with Gasteiger partial charge in [0, 0.05) is 15.6 Å². The molecule has 3 nitrogen and oxygen atoms in total. The summed E-state index contributed by atoms with van der Waals surface area (Å²) in [5.74, 6) is -1.25. The van der Waals surface area contributed by atoms with E-state index in [1.54, 1.807) is 12.1 Å². The minimum Gasteiger partial charge on any atom is -0.481 e. The molecule has 1 unspecified atom stereocenters. The number of hydrogen-bond acceptors (Lipinski definition) is 1. The minimum atomic E-state index is -1.01. The molecule has 1 aliphatic carbocycles. The van der Waals surface area contributed by atoms with Crippen LogP contribution in [0.5, 0.6) is 0 Å². The molecule has 1 atom stereocenters. The third-order valence-electron chi connectivity index (χ3n) is 4.14. The second-order valence-corrected chi connectivity index (χ2v) is 5.99. The maximum Gasteiger partial charge on any atom is 0.315 e. The van der Waals surface area contributed by atoms with Gasteiger partial charge >= 0.3 is 5.97 Å². The number of H-pyrrole nitrogens is 1. The zero-order valence-corrected chi connectivity index (χ0v) is 12.3. The molecule has 0 amide bonds. The van der Waals surface area contributed by atoms with Crippen molar-refractivity contribution in [1.29, 1.82) is 0 Å². The molecule has 104 valence electrons. The van der Waals surface area contributed by atoms with Gasteiger partial charge in [0.1, 0.15) is 11.2 Å². The summed E-state index contributed by atoms with van der Waals surface area (Å²) in [4.78, 5) is 14.8. The maximum absolute atomic E-state index is 13.9. The van der Waals surface area contributed by atoms with E-state index >= 15 is 0 Å². The topological polar surface area (TPSA) is 53.1 Å². The standard InChI is InChI=1S/C15H13BrFNO2/c1-2-6-15(14(19)20)7-5-8-11-9(16)3-4-10(17)12(11)18-13(8)15/h2-4,18H,1,5-7H2,(H,19,20). The van der Waals surface area contributed by atoms with E-state index in [2.05, 4.69) is 27.5 Å². The predicted molar refractivity (Wildman–Crippen MR) is 78.4 cm³/mol. The summed E-state index contributed by atoms with van der Waals surface area (Å²) in [7, 11) is 0. The fraction of sp³-hybridized carbons (Fsp3) is 0.267. The second kappa shape index (κ2) is 4.45. The summed E-state index contributed by atoms with van der Waals surface area (Å²) in [6, 6.07) is 3.02. The number of aromatic nitrogens is 1. The van der Waals surface area contributed by atoms with Gasteiger partial charge < -0.3 is 10.1 Å².